The van der Waals surface area contributed by atoms with E-state index in [2.05, 4.69) is 34.9 Å². The van der Waals surface area contributed by atoms with Gasteiger partial charge >= 0.3 is 0 Å². The van der Waals surface area contributed by atoms with Gasteiger partial charge in [0, 0.05) is 25.2 Å². The molecule has 0 atom stereocenters. The fourth-order valence-corrected chi connectivity index (χ4v) is 2.57. The Hall–Kier alpha value is -2.62. The molecule has 4 heteroatoms. The number of aryl methyl sites for hydroxylation is 2. The fraction of sp³-hybridized carbons (Fsp3) is 0.300. The van der Waals surface area contributed by atoms with Crippen LogP contribution in [0.5, 0.6) is 0 Å². The van der Waals surface area contributed by atoms with Gasteiger partial charge in [0.25, 0.3) is 0 Å². The van der Waals surface area contributed by atoms with Gasteiger partial charge in [-0.1, -0.05) is 24.3 Å². The molecule has 0 saturated heterocycles. The second-order valence-electron chi connectivity index (χ2n) is 5.96. The Morgan fingerprint density at radius 2 is 1.00 bits per heavy atom. The molecule has 0 aliphatic carbocycles. The Bertz CT molecular complexity index is 614. The normalized spacial score (nSPS) is 10.2. The van der Waals surface area contributed by atoms with E-state index in [1.165, 1.54) is 25.0 Å². The average Bonchev–Trinajstić information content (AvgIpc) is 2.53. The Kier molecular flexibility index (Phi) is 6.55. The van der Waals surface area contributed by atoms with Crippen LogP contribution in [0.4, 0.5) is 11.4 Å². The maximum atomic E-state index is 11.0. The number of amides is 2. The summed E-state index contributed by atoms with van der Waals surface area (Å²) in [6.45, 7) is 3.02. The molecule has 24 heavy (non-hydrogen) atoms. The molecule has 0 bridgehead atoms. The maximum Gasteiger partial charge on any atom is 0.221 e. The fourth-order valence-electron chi connectivity index (χ4n) is 2.57. The second-order valence-corrected chi connectivity index (χ2v) is 5.96. The van der Waals surface area contributed by atoms with E-state index in [-0.39, 0.29) is 11.8 Å². The molecule has 2 rings (SSSR count). The van der Waals surface area contributed by atoms with E-state index >= 15 is 0 Å². The monoisotopic (exact) mass is 324 g/mol. The first-order valence-electron chi connectivity index (χ1n) is 8.26. The van der Waals surface area contributed by atoms with Crippen molar-refractivity contribution in [2.75, 3.05) is 10.6 Å². The lowest BCUT2D eigenvalue weighted by Gasteiger charge is -2.06. The van der Waals surface area contributed by atoms with Crippen LogP contribution < -0.4 is 10.6 Å². The number of hydrogen-bond donors (Lipinski definition) is 2. The number of unbranched alkanes of at least 4 members (excludes halogenated alkanes) is 1. The van der Waals surface area contributed by atoms with Crippen molar-refractivity contribution in [2.45, 2.75) is 39.5 Å². The van der Waals surface area contributed by atoms with Gasteiger partial charge in [-0.3, -0.25) is 9.59 Å². The van der Waals surface area contributed by atoms with Crippen LogP contribution in [0.2, 0.25) is 0 Å². The summed E-state index contributed by atoms with van der Waals surface area (Å²) in [6.07, 6.45) is 4.30. The lowest BCUT2D eigenvalue weighted by Crippen LogP contribution is -2.05. The van der Waals surface area contributed by atoms with Gasteiger partial charge in [0.05, 0.1) is 0 Å². The highest BCUT2D eigenvalue weighted by molar-refractivity contribution is 5.89. The average molecular weight is 324 g/mol. The zero-order valence-corrected chi connectivity index (χ0v) is 14.3. The maximum absolute atomic E-state index is 11.0. The van der Waals surface area contributed by atoms with Crippen LogP contribution in [0.15, 0.2) is 48.5 Å². The molecule has 0 aliphatic rings. The highest BCUT2D eigenvalue weighted by Crippen LogP contribution is 2.14. The summed E-state index contributed by atoms with van der Waals surface area (Å²) in [4.78, 5) is 22.0. The lowest BCUT2D eigenvalue weighted by atomic mass is 10.0. The quantitative estimate of drug-likeness (QED) is 0.751. The van der Waals surface area contributed by atoms with Crippen molar-refractivity contribution < 1.29 is 9.59 Å². The Balaban J connectivity index is 1.72. The predicted molar refractivity (Wildman–Crippen MR) is 98.1 cm³/mol. The molecule has 0 aliphatic heterocycles. The molecule has 0 aromatic heterocycles. The zero-order chi connectivity index (χ0) is 17.4. The first kappa shape index (κ1) is 17.7. The highest BCUT2D eigenvalue weighted by Gasteiger charge is 1.99. The molecule has 126 valence electrons. The predicted octanol–water partition coefficient (Wildman–Crippen LogP) is 4.17. The number of anilines is 2. The summed E-state index contributed by atoms with van der Waals surface area (Å²) in [5.41, 5.74) is 4.24. The van der Waals surface area contributed by atoms with E-state index in [1.54, 1.807) is 0 Å². The summed E-state index contributed by atoms with van der Waals surface area (Å²) < 4.78 is 0. The topological polar surface area (TPSA) is 58.2 Å². The Labute approximate surface area is 143 Å². The zero-order valence-electron chi connectivity index (χ0n) is 14.3. The van der Waals surface area contributed by atoms with E-state index in [4.69, 9.17) is 0 Å². The number of carbonyl (C=O) groups excluding carboxylic acids is 2. The van der Waals surface area contributed by atoms with Crippen molar-refractivity contribution in [3.63, 3.8) is 0 Å². The van der Waals surface area contributed by atoms with Gasteiger partial charge in [-0.15, -0.1) is 0 Å². The van der Waals surface area contributed by atoms with Crippen LogP contribution in [0, 0.1) is 0 Å². The van der Waals surface area contributed by atoms with Crippen molar-refractivity contribution in [3.05, 3.63) is 59.7 Å². The third kappa shape index (κ3) is 6.24. The van der Waals surface area contributed by atoms with Crippen LogP contribution >= 0.6 is 0 Å². The molecule has 0 unspecified atom stereocenters. The van der Waals surface area contributed by atoms with Crippen molar-refractivity contribution in [3.8, 4) is 0 Å². The van der Waals surface area contributed by atoms with Crippen LogP contribution in [0.1, 0.15) is 37.8 Å². The van der Waals surface area contributed by atoms with Crippen LogP contribution in [-0.4, -0.2) is 11.8 Å². The van der Waals surface area contributed by atoms with Crippen LogP contribution in [-0.2, 0) is 22.4 Å². The van der Waals surface area contributed by atoms with Gasteiger partial charge in [-0.05, 0) is 61.1 Å². The van der Waals surface area contributed by atoms with Crippen molar-refractivity contribution in [2.24, 2.45) is 0 Å². The molecule has 0 saturated carbocycles. The van der Waals surface area contributed by atoms with Gasteiger partial charge in [0.15, 0.2) is 0 Å². The second kappa shape index (κ2) is 8.87. The summed E-state index contributed by atoms with van der Waals surface area (Å²) >= 11 is 0. The summed E-state index contributed by atoms with van der Waals surface area (Å²) in [5.74, 6) is -0.0976. The Morgan fingerprint density at radius 1 is 0.667 bits per heavy atom. The molecule has 4 nitrogen and oxygen atoms in total. The third-order valence-electron chi connectivity index (χ3n) is 3.73. The highest BCUT2D eigenvalue weighted by atomic mass is 16.2. The number of benzene rings is 2. The number of rotatable bonds is 7. The van der Waals surface area contributed by atoms with Crippen molar-refractivity contribution in [1.82, 2.24) is 0 Å². The van der Waals surface area contributed by atoms with Gasteiger partial charge in [-0.25, -0.2) is 0 Å². The van der Waals surface area contributed by atoms with E-state index in [0.717, 1.165) is 37.1 Å². The molecule has 2 aromatic rings. The molecule has 0 radical (unpaired) electrons. The van der Waals surface area contributed by atoms with Gasteiger partial charge < -0.3 is 10.6 Å². The van der Waals surface area contributed by atoms with Crippen molar-refractivity contribution in [1.29, 1.82) is 0 Å². The number of carbonyl (C=O) groups is 2. The molecule has 0 fully saturated rings. The minimum atomic E-state index is -0.0488. The van der Waals surface area contributed by atoms with E-state index in [0.29, 0.717) is 0 Å². The SMILES string of the molecule is CC(=O)Nc1ccc(CCCCc2ccc(NC(C)=O)cc2)cc1. The van der Waals surface area contributed by atoms with E-state index < -0.39 is 0 Å². The van der Waals surface area contributed by atoms with Gasteiger partial charge in [-0.2, -0.15) is 0 Å². The van der Waals surface area contributed by atoms with Crippen LogP contribution in [0.3, 0.4) is 0 Å². The van der Waals surface area contributed by atoms with Gasteiger partial charge in [0.1, 0.15) is 0 Å². The summed E-state index contributed by atoms with van der Waals surface area (Å²) in [6, 6.07) is 16.0. The molecule has 2 N–H and O–H groups in total. The molecule has 2 aromatic carbocycles. The third-order valence-corrected chi connectivity index (χ3v) is 3.73. The summed E-state index contributed by atoms with van der Waals surface area (Å²) in [5, 5.41) is 5.54. The minimum Gasteiger partial charge on any atom is -0.326 e. The lowest BCUT2D eigenvalue weighted by molar-refractivity contribution is -0.115. The van der Waals surface area contributed by atoms with Crippen LogP contribution in [0.25, 0.3) is 0 Å². The standard InChI is InChI=1S/C20H24N2O2/c1-15(23)21-19-11-7-17(8-12-19)5-3-4-6-18-9-13-20(14-10-18)22-16(2)24/h7-14H,3-6H2,1-2H3,(H,21,23)(H,22,24). The smallest absolute Gasteiger partial charge is 0.221 e. The Morgan fingerprint density at radius 3 is 1.29 bits per heavy atom. The van der Waals surface area contributed by atoms with E-state index in [1.807, 2.05) is 24.3 Å². The number of hydrogen-bond acceptors (Lipinski definition) is 2. The molecule has 0 heterocycles. The molecular formula is C20H24N2O2. The van der Waals surface area contributed by atoms with Crippen molar-refractivity contribution >= 4 is 23.2 Å². The minimum absolute atomic E-state index is 0.0488. The van der Waals surface area contributed by atoms with E-state index in [9.17, 15) is 9.59 Å². The molecule has 2 amide bonds. The molecule has 0 spiro atoms. The largest absolute Gasteiger partial charge is 0.326 e. The first-order chi connectivity index (χ1) is 11.5. The van der Waals surface area contributed by atoms with Gasteiger partial charge in [0.2, 0.25) is 11.8 Å². The summed E-state index contributed by atoms with van der Waals surface area (Å²) in [7, 11) is 0. The molecular weight excluding hydrogens is 300 g/mol. The number of nitrogens with one attached hydrogen (secondary N) is 2. The first-order valence-corrected chi connectivity index (χ1v) is 8.26.